The summed E-state index contributed by atoms with van der Waals surface area (Å²) >= 11 is 16.3. The number of benzene rings is 1. The molecule has 3 aromatic rings. The first-order chi connectivity index (χ1) is 13.5. The average Bonchev–Trinajstić information content (AvgIpc) is 3.41. The molecule has 1 aliphatic heterocycles. The summed E-state index contributed by atoms with van der Waals surface area (Å²) in [6, 6.07) is 10.2. The number of thiophene rings is 1. The topological polar surface area (TPSA) is 62.3 Å². The van der Waals surface area contributed by atoms with E-state index in [2.05, 4.69) is 10.3 Å². The van der Waals surface area contributed by atoms with Gasteiger partial charge in [-0.05, 0) is 18.2 Å². The number of nitrogens with one attached hydrogen (secondary N) is 1. The Morgan fingerprint density at radius 2 is 2.00 bits per heavy atom. The van der Waals surface area contributed by atoms with Crippen molar-refractivity contribution >= 4 is 74.6 Å². The maximum absolute atomic E-state index is 12.8. The number of rotatable bonds is 4. The minimum atomic E-state index is -0.538. The fourth-order valence-electron chi connectivity index (χ4n) is 2.77. The van der Waals surface area contributed by atoms with Gasteiger partial charge in [0.1, 0.15) is 10.4 Å². The largest absolute Gasteiger partial charge is 0.316 e. The van der Waals surface area contributed by atoms with Gasteiger partial charge in [-0.2, -0.15) is 0 Å². The van der Waals surface area contributed by atoms with Crippen LogP contribution in [0.1, 0.15) is 10.4 Å². The van der Waals surface area contributed by atoms with Crippen LogP contribution >= 0.6 is 57.6 Å². The summed E-state index contributed by atoms with van der Waals surface area (Å²) in [5.41, 5.74) is 1.97. The van der Waals surface area contributed by atoms with E-state index in [-0.39, 0.29) is 11.8 Å². The number of halogens is 2. The molecule has 1 N–H and O–H groups in total. The number of carbonyl (C=O) groups excluding carboxylic acids is 2. The molecule has 1 aliphatic rings. The maximum Gasteiger partial charge on any atom is 0.255 e. The second kappa shape index (κ2) is 8.42. The van der Waals surface area contributed by atoms with Crippen molar-refractivity contribution in [2.75, 3.05) is 16.9 Å². The lowest BCUT2D eigenvalue weighted by atomic mass is 10.1. The predicted molar refractivity (Wildman–Crippen MR) is 118 cm³/mol. The predicted octanol–water partition coefficient (Wildman–Crippen LogP) is 5.33. The zero-order valence-electron chi connectivity index (χ0n) is 14.2. The first-order valence-electron chi connectivity index (χ1n) is 8.18. The molecule has 1 saturated heterocycles. The van der Waals surface area contributed by atoms with Gasteiger partial charge >= 0.3 is 0 Å². The van der Waals surface area contributed by atoms with E-state index in [9.17, 15) is 9.59 Å². The normalized spacial score (nSPS) is 16.4. The summed E-state index contributed by atoms with van der Waals surface area (Å²) in [5.74, 6) is 0.641. The van der Waals surface area contributed by atoms with Gasteiger partial charge in [0.15, 0.2) is 5.13 Å². The quantitative estimate of drug-likeness (QED) is 0.560. The molecule has 2 amide bonds. The van der Waals surface area contributed by atoms with E-state index in [4.69, 9.17) is 23.2 Å². The number of carbonyl (C=O) groups is 2. The van der Waals surface area contributed by atoms with Crippen molar-refractivity contribution in [1.82, 2.24) is 9.88 Å². The Balaban J connectivity index is 1.47. The van der Waals surface area contributed by atoms with Crippen molar-refractivity contribution in [3.05, 3.63) is 56.0 Å². The molecule has 0 bridgehead atoms. The molecule has 1 fully saturated rings. The molecule has 0 saturated carbocycles. The lowest BCUT2D eigenvalue weighted by molar-refractivity contribution is -0.119. The number of nitrogens with zero attached hydrogens (tertiary/aromatic N) is 2. The first-order valence-corrected chi connectivity index (χ1v) is 11.8. The fourth-order valence-corrected chi connectivity index (χ4v) is 6.11. The van der Waals surface area contributed by atoms with Crippen molar-refractivity contribution < 1.29 is 9.59 Å². The summed E-state index contributed by atoms with van der Waals surface area (Å²) in [5, 5.41) is 5.10. The third-order valence-corrected chi connectivity index (χ3v) is 7.39. The van der Waals surface area contributed by atoms with Gasteiger partial charge < -0.3 is 10.2 Å². The molecule has 2 aromatic heterocycles. The molecule has 3 heterocycles. The standard InChI is InChI=1S/C18H13Cl2N3O2S3/c19-14-6-11(15(20)28-14)12-7-27-18(21-12)22-16(24)13-8-26-9-23(13)17(25)10-4-2-1-3-5-10/h1-7,13H,8-9H2,(H,21,22,24)/t13-/m0/s1. The van der Waals surface area contributed by atoms with Gasteiger partial charge in [0.25, 0.3) is 5.91 Å². The summed E-state index contributed by atoms with van der Waals surface area (Å²) in [7, 11) is 0. The molecule has 144 valence electrons. The summed E-state index contributed by atoms with van der Waals surface area (Å²) in [6.45, 7) is 0. The lowest BCUT2D eigenvalue weighted by Crippen LogP contribution is -2.44. The smallest absolute Gasteiger partial charge is 0.255 e. The van der Waals surface area contributed by atoms with Crippen molar-refractivity contribution in [1.29, 1.82) is 0 Å². The highest BCUT2D eigenvalue weighted by molar-refractivity contribution is 7.99. The number of anilines is 1. The van der Waals surface area contributed by atoms with Crippen LogP contribution in [0.25, 0.3) is 11.3 Å². The Morgan fingerprint density at radius 3 is 2.71 bits per heavy atom. The minimum absolute atomic E-state index is 0.148. The average molecular weight is 470 g/mol. The maximum atomic E-state index is 12.8. The molecule has 0 unspecified atom stereocenters. The first kappa shape index (κ1) is 19.7. The number of hydrogen-bond donors (Lipinski definition) is 1. The van der Waals surface area contributed by atoms with E-state index < -0.39 is 6.04 Å². The van der Waals surface area contributed by atoms with E-state index >= 15 is 0 Å². The molecule has 0 aliphatic carbocycles. The highest BCUT2D eigenvalue weighted by atomic mass is 35.5. The van der Waals surface area contributed by atoms with E-state index in [0.29, 0.717) is 36.7 Å². The van der Waals surface area contributed by atoms with Gasteiger partial charge in [-0.25, -0.2) is 4.98 Å². The van der Waals surface area contributed by atoms with Crippen molar-refractivity contribution in [2.45, 2.75) is 6.04 Å². The molecule has 1 aromatic carbocycles. The van der Waals surface area contributed by atoms with Crippen LogP contribution in [0.2, 0.25) is 8.67 Å². The van der Waals surface area contributed by atoms with Gasteiger partial charge in [-0.3, -0.25) is 9.59 Å². The van der Waals surface area contributed by atoms with Gasteiger partial charge in [-0.15, -0.1) is 34.4 Å². The van der Waals surface area contributed by atoms with Gasteiger partial charge in [0.05, 0.1) is 15.9 Å². The fraction of sp³-hybridized carbons (Fsp3) is 0.167. The van der Waals surface area contributed by atoms with Crippen LogP contribution in [0.5, 0.6) is 0 Å². The Morgan fingerprint density at radius 1 is 1.21 bits per heavy atom. The zero-order valence-corrected chi connectivity index (χ0v) is 18.2. The second-order valence-electron chi connectivity index (χ2n) is 5.92. The summed E-state index contributed by atoms with van der Waals surface area (Å²) in [6.07, 6.45) is 0. The minimum Gasteiger partial charge on any atom is -0.316 e. The van der Waals surface area contributed by atoms with Crippen LogP contribution in [0.15, 0.2) is 41.8 Å². The zero-order chi connectivity index (χ0) is 19.7. The number of amides is 2. The Labute approximate surface area is 183 Å². The van der Waals surface area contributed by atoms with E-state index in [0.717, 1.165) is 5.56 Å². The van der Waals surface area contributed by atoms with Gasteiger partial charge in [0.2, 0.25) is 5.91 Å². The Bertz CT molecular complexity index is 1020. The van der Waals surface area contributed by atoms with Crippen LogP contribution in [-0.2, 0) is 4.79 Å². The molecule has 1 atom stereocenters. The highest BCUT2D eigenvalue weighted by Crippen LogP contribution is 2.39. The molecule has 0 spiro atoms. The summed E-state index contributed by atoms with van der Waals surface area (Å²) in [4.78, 5) is 31.5. The number of thiazole rings is 1. The van der Waals surface area contributed by atoms with Crippen LogP contribution in [0.3, 0.4) is 0 Å². The molecular formula is C18H13Cl2N3O2S3. The SMILES string of the molecule is O=C(Nc1nc(-c2cc(Cl)sc2Cl)cs1)[C@@H]1CSCN1C(=O)c1ccccc1. The van der Waals surface area contributed by atoms with Crippen molar-refractivity contribution in [3.8, 4) is 11.3 Å². The van der Waals surface area contributed by atoms with Gasteiger partial charge in [0, 0.05) is 22.3 Å². The van der Waals surface area contributed by atoms with Crippen LogP contribution in [0.4, 0.5) is 5.13 Å². The molecule has 5 nitrogen and oxygen atoms in total. The van der Waals surface area contributed by atoms with Crippen LogP contribution in [0, 0.1) is 0 Å². The molecular weight excluding hydrogens is 457 g/mol. The number of aromatic nitrogens is 1. The number of thioether (sulfide) groups is 1. The van der Waals surface area contributed by atoms with E-state index in [1.54, 1.807) is 34.9 Å². The van der Waals surface area contributed by atoms with E-state index in [1.165, 1.54) is 22.7 Å². The Kier molecular flexibility index (Phi) is 5.93. The summed E-state index contributed by atoms with van der Waals surface area (Å²) < 4.78 is 1.14. The van der Waals surface area contributed by atoms with E-state index in [1.807, 2.05) is 23.6 Å². The molecule has 28 heavy (non-hydrogen) atoms. The number of hydrogen-bond acceptors (Lipinski definition) is 6. The van der Waals surface area contributed by atoms with Crippen molar-refractivity contribution in [3.63, 3.8) is 0 Å². The van der Waals surface area contributed by atoms with Gasteiger partial charge in [-0.1, -0.05) is 41.4 Å². The molecule has 0 radical (unpaired) electrons. The monoisotopic (exact) mass is 469 g/mol. The molecule has 10 heteroatoms. The third kappa shape index (κ3) is 4.06. The second-order valence-corrected chi connectivity index (χ2v) is 10.1. The Hall–Kier alpha value is -1.58. The highest BCUT2D eigenvalue weighted by Gasteiger charge is 2.35. The van der Waals surface area contributed by atoms with Crippen molar-refractivity contribution in [2.24, 2.45) is 0 Å². The third-order valence-electron chi connectivity index (χ3n) is 4.13. The molecule has 4 rings (SSSR count). The lowest BCUT2D eigenvalue weighted by Gasteiger charge is -2.22. The van der Waals surface area contributed by atoms with Crippen LogP contribution < -0.4 is 5.32 Å². The van der Waals surface area contributed by atoms with Crippen LogP contribution in [-0.4, -0.2) is 39.4 Å².